The van der Waals surface area contributed by atoms with Crippen LogP contribution < -0.4 is 0 Å². The monoisotopic (exact) mass is 777 g/mol. The van der Waals surface area contributed by atoms with Gasteiger partial charge in [-0.05, 0) is 44.9 Å². The lowest BCUT2D eigenvalue weighted by molar-refractivity contribution is -0.167. The minimum Gasteiger partial charge on any atom is -0.462 e. The van der Waals surface area contributed by atoms with E-state index in [4.69, 9.17) is 14.2 Å². The summed E-state index contributed by atoms with van der Waals surface area (Å²) in [5.74, 6) is -0.874. The van der Waals surface area contributed by atoms with Gasteiger partial charge in [0.15, 0.2) is 6.10 Å². The first-order chi connectivity index (χ1) is 27.0. The summed E-state index contributed by atoms with van der Waals surface area (Å²) in [7, 11) is 0. The second kappa shape index (κ2) is 44.9. The topological polar surface area (TPSA) is 78.9 Å². The van der Waals surface area contributed by atoms with Gasteiger partial charge in [-0.3, -0.25) is 14.4 Å². The van der Waals surface area contributed by atoms with Gasteiger partial charge in [0, 0.05) is 19.3 Å². The highest BCUT2D eigenvalue weighted by Crippen LogP contribution is 2.16. The van der Waals surface area contributed by atoms with Crippen molar-refractivity contribution >= 4 is 17.9 Å². The summed E-state index contributed by atoms with van der Waals surface area (Å²) in [6, 6.07) is 0. The molecule has 55 heavy (non-hydrogen) atoms. The molecule has 0 rings (SSSR count). The van der Waals surface area contributed by atoms with Crippen molar-refractivity contribution in [3.63, 3.8) is 0 Å². The van der Waals surface area contributed by atoms with Crippen LogP contribution >= 0.6 is 0 Å². The Bertz CT molecular complexity index is 854. The summed E-state index contributed by atoms with van der Waals surface area (Å²) in [5, 5.41) is 0. The Kier molecular flexibility index (Phi) is 43.4. The van der Waals surface area contributed by atoms with E-state index < -0.39 is 6.10 Å². The van der Waals surface area contributed by atoms with E-state index in [1.165, 1.54) is 161 Å². The minimum absolute atomic E-state index is 0.0692. The third-order valence-corrected chi connectivity index (χ3v) is 10.8. The van der Waals surface area contributed by atoms with Gasteiger partial charge in [-0.25, -0.2) is 0 Å². The highest BCUT2D eigenvalue weighted by Gasteiger charge is 2.19. The Morgan fingerprint density at radius 2 is 0.600 bits per heavy atom. The van der Waals surface area contributed by atoms with Crippen LogP contribution in [0.25, 0.3) is 0 Å². The maximum atomic E-state index is 12.7. The van der Waals surface area contributed by atoms with Crippen molar-refractivity contribution in [1.82, 2.24) is 0 Å². The Hall–Kier alpha value is -1.85. The Morgan fingerprint density at radius 3 is 0.945 bits per heavy atom. The molecule has 0 aliphatic heterocycles. The number of carbonyl (C=O) groups is 3. The highest BCUT2D eigenvalue weighted by molar-refractivity contribution is 5.71. The standard InChI is InChI=1S/C49H92O6/c1-4-7-10-13-16-18-20-22-23-24-25-26-27-29-30-33-36-39-42-48(51)54-45-46(44-53-47(50)41-38-35-32-15-12-9-6-3)55-49(52)43-40-37-34-31-28-21-19-17-14-11-8-5-2/h17,19,46H,4-16,18,20-45H2,1-3H3/b19-17-. The average molecular weight is 777 g/mol. The number of ether oxygens (including phenoxy) is 3. The summed E-state index contributed by atoms with van der Waals surface area (Å²) < 4.78 is 16.7. The summed E-state index contributed by atoms with van der Waals surface area (Å²) in [4.78, 5) is 37.6. The third-order valence-electron chi connectivity index (χ3n) is 10.8. The van der Waals surface area contributed by atoms with Crippen LogP contribution in [-0.2, 0) is 28.6 Å². The maximum absolute atomic E-state index is 12.7. The molecule has 0 heterocycles. The highest BCUT2D eigenvalue weighted by atomic mass is 16.6. The van der Waals surface area contributed by atoms with Gasteiger partial charge >= 0.3 is 17.9 Å². The third kappa shape index (κ3) is 43.1. The van der Waals surface area contributed by atoms with E-state index in [0.29, 0.717) is 19.3 Å². The van der Waals surface area contributed by atoms with E-state index in [0.717, 1.165) is 64.2 Å². The van der Waals surface area contributed by atoms with E-state index >= 15 is 0 Å². The smallest absolute Gasteiger partial charge is 0.306 e. The van der Waals surface area contributed by atoms with Crippen molar-refractivity contribution in [3.05, 3.63) is 12.2 Å². The number of unbranched alkanes of at least 4 members (excludes halogenated alkanes) is 31. The molecule has 0 spiro atoms. The number of allylic oxidation sites excluding steroid dienone is 2. The lowest BCUT2D eigenvalue weighted by atomic mass is 10.0. The summed E-state index contributed by atoms with van der Waals surface area (Å²) in [6.45, 7) is 6.59. The quantitative estimate of drug-likeness (QED) is 0.0265. The molecule has 0 aliphatic carbocycles. The molecule has 0 radical (unpaired) electrons. The molecule has 324 valence electrons. The van der Waals surface area contributed by atoms with Crippen LogP contribution in [0, 0.1) is 0 Å². The van der Waals surface area contributed by atoms with E-state index in [1.807, 2.05) is 0 Å². The Labute approximate surface area is 341 Å². The molecule has 1 unspecified atom stereocenters. The van der Waals surface area contributed by atoms with Gasteiger partial charge in [0.25, 0.3) is 0 Å². The second-order valence-electron chi connectivity index (χ2n) is 16.4. The van der Waals surface area contributed by atoms with Crippen molar-refractivity contribution in [2.75, 3.05) is 13.2 Å². The molecule has 0 bridgehead atoms. The molecular weight excluding hydrogens is 685 g/mol. The van der Waals surface area contributed by atoms with Crippen LogP contribution in [0.1, 0.15) is 265 Å². The number of rotatable bonds is 44. The van der Waals surface area contributed by atoms with Crippen LogP contribution in [0.3, 0.4) is 0 Å². The van der Waals surface area contributed by atoms with E-state index in [9.17, 15) is 14.4 Å². The van der Waals surface area contributed by atoms with E-state index in [-0.39, 0.29) is 31.1 Å². The normalized spacial score (nSPS) is 12.0. The average Bonchev–Trinajstić information content (AvgIpc) is 3.18. The molecule has 6 heteroatoms. The fourth-order valence-corrected chi connectivity index (χ4v) is 7.08. The predicted molar refractivity (Wildman–Crippen MR) is 233 cm³/mol. The van der Waals surface area contributed by atoms with Gasteiger partial charge in [0.05, 0.1) is 0 Å². The number of hydrogen-bond acceptors (Lipinski definition) is 6. The molecule has 0 saturated carbocycles. The van der Waals surface area contributed by atoms with E-state index in [1.54, 1.807) is 0 Å². The SMILES string of the molecule is CCCCC/C=C\CCCCCCCC(=O)OC(COC(=O)CCCCCCCCC)COC(=O)CCCCCCCCCCCCCCCCCCCC. The van der Waals surface area contributed by atoms with Gasteiger partial charge < -0.3 is 14.2 Å². The summed E-state index contributed by atoms with van der Waals surface area (Å²) >= 11 is 0. The van der Waals surface area contributed by atoms with Crippen LogP contribution in [0.2, 0.25) is 0 Å². The van der Waals surface area contributed by atoms with Crippen molar-refractivity contribution in [3.8, 4) is 0 Å². The van der Waals surface area contributed by atoms with Gasteiger partial charge in [-0.2, -0.15) is 0 Å². The number of carbonyl (C=O) groups excluding carboxylic acids is 3. The molecule has 0 saturated heterocycles. The van der Waals surface area contributed by atoms with Crippen LogP contribution in [0.15, 0.2) is 12.2 Å². The Morgan fingerprint density at radius 1 is 0.345 bits per heavy atom. The first-order valence-electron chi connectivity index (χ1n) is 24.2. The molecule has 0 aromatic heterocycles. The first kappa shape index (κ1) is 53.1. The minimum atomic E-state index is -0.765. The van der Waals surface area contributed by atoms with Crippen molar-refractivity contribution in [2.45, 2.75) is 271 Å². The molecule has 0 aromatic rings. The summed E-state index contributed by atoms with van der Waals surface area (Å²) in [5.41, 5.74) is 0. The largest absolute Gasteiger partial charge is 0.462 e. The van der Waals surface area contributed by atoms with Gasteiger partial charge in [-0.15, -0.1) is 0 Å². The fraction of sp³-hybridized carbons (Fsp3) is 0.898. The molecule has 0 fully saturated rings. The maximum Gasteiger partial charge on any atom is 0.306 e. The molecule has 0 N–H and O–H groups in total. The number of esters is 3. The zero-order chi connectivity index (χ0) is 40.1. The van der Waals surface area contributed by atoms with Crippen LogP contribution in [0.5, 0.6) is 0 Å². The molecule has 0 aromatic carbocycles. The van der Waals surface area contributed by atoms with Gasteiger partial charge in [-0.1, -0.05) is 213 Å². The molecule has 1 atom stereocenters. The first-order valence-corrected chi connectivity index (χ1v) is 24.2. The molecule has 0 aliphatic rings. The van der Waals surface area contributed by atoms with Crippen molar-refractivity contribution < 1.29 is 28.6 Å². The molecular formula is C49H92O6. The van der Waals surface area contributed by atoms with Crippen LogP contribution in [0.4, 0.5) is 0 Å². The zero-order valence-electron chi connectivity index (χ0n) is 37.0. The fourth-order valence-electron chi connectivity index (χ4n) is 7.08. The van der Waals surface area contributed by atoms with E-state index in [2.05, 4.69) is 32.9 Å². The molecule has 6 nitrogen and oxygen atoms in total. The van der Waals surface area contributed by atoms with Gasteiger partial charge in [0.1, 0.15) is 13.2 Å². The zero-order valence-corrected chi connectivity index (χ0v) is 37.0. The van der Waals surface area contributed by atoms with Gasteiger partial charge in [0.2, 0.25) is 0 Å². The predicted octanol–water partition coefficient (Wildman–Crippen LogP) is 15.4. The molecule has 0 amide bonds. The van der Waals surface area contributed by atoms with Crippen molar-refractivity contribution in [2.24, 2.45) is 0 Å². The lowest BCUT2D eigenvalue weighted by Gasteiger charge is -2.18. The van der Waals surface area contributed by atoms with Crippen LogP contribution in [-0.4, -0.2) is 37.2 Å². The second-order valence-corrected chi connectivity index (χ2v) is 16.4. The number of hydrogen-bond donors (Lipinski definition) is 0. The van der Waals surface area contributed by atoms with Crippen molar-refractivity contribution in [1.29, 1.82) is 0 Å². The Balaban J connectivity index is 4.20. The lowest BCUT2D eigenvalue weighted by Crippen LogP contribution is -2.30. The summed E-state index contributed by atoms with van der Waals surface area (Å²) in [6.07, 6.45) is 47.8.